The van der Waals surface area contributed by atoms with Gasteiger partial charge in [-0.05, 0) is 32.4 Å². The van der Waals surface area contributed by atoms with Crippen LogP contribution in [0.3, 0.4) is 0 Å². The van der Waals surface area contributed by atoms with Crippen LogP contribution in [0, 0.1) is 0 Å². The molecule has 0 spiro atoms. The zero-order valence-electron chi connectivity index (χ0n) is 9.71. The van der Waals surface area contributed by atoms with E-state index in [9.17, 15) is 4.79 Å². The van der Waals surface area contributed by atoms with Crippen LogP contribution in [0.1, 0.15) is 26.3 Å². The Labute approximate surface area is 101 Å². The molecule has 0 aliphatic rings. The Morgan fingerprint density at radius 2 is 2.06 bits per heavy atom. The molecule has 0 aliphatic heterocycles. The quantitative estimate of drug-likeness (QED) is 0.640. The highest BCUT2D eigenvalue weighted by Gasteiger charge is 2.17. The number of ether oxygens (including phenoxy) is 1. The molecule has 0 heterocycles. The van der Waals surface area contributed by atoms with Crippen LogP contribution in [-0.2, 0) is 16.0 Å². The third kappa shape index (κ3) is 3.74. The fourth-order valence-corrected chi connectivity index (χ4v) is 1.46. The Morgan fingerprint density at radius 1 is 1.44 bits per heavy atom. The van der Waals surface area contributed by atoms with Crippen molar-refractivity contribution in [2.45, 2.75) is 32.8 Å². The van der Waals surface area contributed by atoms with Crippen molar-refractivity contribution >= 4 is 23.3 Å². The number of rotatable bonds is 2. The number of nitrogens with two attached hydrogens (primary N) is 1. The SMILES string of the molecule is CC(C)(C)OC(=O)Cc1cccc(Cl)c1N. The number of carbonyl (C=O) groups excluding carboxylic acids is 1. The number of hydrogen-bond acceptors (Lipinski definition) is 3. The van der Waals surface area contributed by atoms with E-state index in [2.05, 4.69) is 0 Å². The van der Waals surface area contributed by atoms with Crippen LogP contribution in [0.5, 0.6) is 0 Å². The predicted molar refractivity (Wildman–Crippen MR) is 65.4 cm³/mol. The Morgan fingerprint density at radius 3 is 2.62 bits per heavy atom. The fraction of sp³-hybridized carbons (Fsp3) is 0.417. The van der Waals surface area contributed by atoms with Gasteiger partial charge in [0.2, 0.25) is 0 Å². The van der Waals surface area contributed by atoms with E-state index in [0.29, 0.717) is 16.3 Å². The molecule has 0 saturated carbocycles. The van der Waals surface area contributed by atoms with E-state index in [1.54, 1.807) is 18.2 Å². The van der Waals surface area contributed by atoms with Gasteiger partial charge in [-0.3, -0.25) is 4.79 Å². The number of benzene rings is 1. The average molecular weight is 242 g/mol. The topological polar surface area (TPSA) is 52.3 Å². The maximum Gasteiger partial charge on any atom is 0.310 e. The summed E-state index contributed by atoms with van der Waals surface area (Å²) in [6, 6.07) is 5.22. The molecule has 16 heavy (non-hydrogen) atoms. The van der Waals surface area contributed by atoms with Gasteiger partial charge in [-0.25, -0.2) is 0 Å². The highest BCUT2D eigenvalue weighted by Crippen LogP contribution is 2.23. The van der Waals surface area contributed by atoms with Gasteiger partial charge in [-0.15, -0.1) is 0 Å². The summed E-state index contributed by atoms with van der Waals surface area (Å²) in [6.45, 7) is 5.48. The van der Waals surface area contributed by atoms with Gasteiger partial charge in [0.25, 0.3) is 0 Å². The zero-order valence-corrected chi connectivity index (χ0v) is 10.5. The van der Waals surface area contributed by atoms with Gasteiger partial charge in [-0.2, -0.15) is 0 Å². The van der Waals surface area contributed by atoms with E-state index < -0.39 is 5.60 Å². The third-order valence-electron chi connectivity index (χ3n) is 1.90. The molecule has 1 aromatic rings. The van der Waals surface area contributed by atoms with Gasteiger partial charge < -0.3 is 10.5 Å². The van der Waals surface area contributed by atoms with Crippen LogP contribution >= 0.6 is 11.6 Å². The number of anilines is 1. The van der Waals surface area contributed by atoms with Crippen molar-refractivity contribution in [2.24, 2.45) is 0 Å². The lowest BCUT2D eigenvalue weighted by molar-refractivity contribution is -0.153. The van der Waals surface area contributed by atoms with Gasteiger partial charge in [0.1, 0.15) is 5.60 Å². The zero-order chi connectivity index (χ0) is 12.3. The molecule has 0 unspecified atom stereocenters. The number of hydrogen-bond donors (Lipinski definition) is 1. The highest BCUT2D eigenvalue weighted by atomic mass is 35.5. The van der Waals surface area contributed by atoms with E-state index in [4.69, 9.17) is 22.1 Å². The highest BCUT2D eigenvalue weighted by molar-refractivity contribution is 6.33. The van der Waals surface area contributed by atoms with Crippen LogP contribution in [0.15, 0.2) is 18.2 Å². The van der Waals surface area contributed by atoms with Crippen molar-refractivity contribution < 1.29 is 9.53 Å². The van der Waals surface area contributed by atoms with Gasteiger partial charge in [0.15, 0.2) is 0 Å². The Kier molecular flexibility index (Phi) is 3.81. The minimum Gasteiger partial charge on any atom is -0.460 e. The molecular formula is C12H16ClNO2. The first-order valence-corrected chi connectivity index (χ1v) is 5.42. The summed E-state index contributed by atoms with van der Waals surface area (Å²) in [6.07, 6.45) is 0.143. The minimum absolute atomic E-state index is 0.143. The summed E-state index contributed by atoms with van der Waals surface area (Å²) in [5.74, 6) is -0.304. The fourth-order valence-electron chi connectivity index (χ4n) is 1.27. The second-order valence-electron chi connectivity index (χ2n) is 4.58. The van der Waals surface area contributed by atoms with E-state index in [1.807, 2.05) is 20.8 Å². The summed E-state index contributed by atoms with van der Waals surface area (Å²) in [7, 11) is 0. The predicted octanol–water partition coefficient (Wildman–Crippen LogP) is 2.81. The lowest BCUT2D eigenvalue weighted by Crippen LogP contribution is -2.25. The summed E-state index contributed by atoms with van der Waals surface area (Å²) >= 11 is 5.85. The first-order valence-electron chi connectivity index (χ1n) is 5.04. The summed E-state index contributed by atoms with van der Waals surface area (Å²) in [4.78, 5) is 11.6. The number of carbonyl (C=O) groups is 1. The monoisotopic (exact) mass is 241 g/mol. The smallest absolute Gasteiger partial charge is 0.310 e. The lowest BCUT2D eigenvalue weighted by Gasteiger charge is -2.19. The van der Waals surface area contributed by atoms with Crippen LogP contribution in [0.25, 0.3) is 0 Å². The molecule has 88 valence electrons. The molecule has 0 amide bonds. The van der Waals surface area contributed by atoms with Gasteiger partial charge in [0, 0.05) is 0 Å². The van der Waals surface area contributed by atoms with Gasteiger partial charge in [0.05, 0.1) is 17.1 Å². The second kappa shape index (κ2) is 4.74. The Bertz CT molecular complexity index is 396. The van der Waals surface area contributed by atoms with E-state index in [1.165, 1.54) is 0 Å². The average Bonchev–Trinajstić information content (AvgIpc) is 2.09. The lowest BCUT2D eigenvalue weighted by atomic mass is 10.1. The van der Waals surface area contributed by atoms with Gasteiger partial charge in [-0.1, -0.05) is 23.7 Å². The van der Waals surface area contributed by atoms with Crippen molar-refractivity contribution in [3.63, 3.8) is 0 Å². The maximum absolute atomic E-state index is 11.6. The molecule has 0 radical (unpaired) electrons. The normalized spacial score (nSPS) is 11.2. The van der Waals surface area contributed by atoms with Crippen molar-refractivity contribution in [2.75, 3.05) is 5.73 Å². The molecule has 1 rings (SSSR count). The van der Waals surface area contributed by atoms with Crippen LogP contribution in [-0.4, -0.2) is 11.6 Å². The molecule has 0 aliphatic carbocycles. The van der Waals surface area contributed by atoms with E-state index >= 15 is 0 Å². The summed E-state index contributed by atoms with van der Waals surface area (Å²) < 4.78 is 5.20. The van der Waals surface area contributed by atoms with Crippen molar-refractivity contribution in [3.8, 4) is 0 Å². The van der Waals surface area contributed by atoms with Crippen molar-refractivity contribution in [3.05, 3.63) is 28.8 Å². The first kappa shape index (κ1) is 12.8. The summed E-state index contributed by atoms with van der Waals surface area (Å²) in [5.41, 5.74) is 6.41. The molecule has 0 saturated heterocycles. The largest absolute Gasteiger partial charge is 0.460 e. The first-order chi connectivity index (χ1) is 7.29. The number of esters is 1. The van der Waals surface area contributed by atoms with E-state index in [-0.39, 0.29) is 12.4 Å². The van der Waals surface area contributed by atoms with Crippen LogP contribution in [0.4, 0.5) is 5.69 Å². The molecular weight excluding hydrogens is 226 g/mol. The maximum atomic E-state index is 11.6. The molecule has 2 N–H and O–H groups in total. The molecule has 0 aromatic heterocycles. The van der Waals surface area contributed by atoms with Crippen LogP contribution in [0.2, 0.25) is 5.02 Å². The molecule has 3 nitrogen and oxygen atoms in total. The van der Waals surface area contributed by atoms with Crippen molar-refractivity contribution in [1.82, 2.24) is 0 Å². The number of halogens is 1. The van der Waals surface area contributed by atoms with Crippen LogP contribution < -0.4 is 5.73 Å². The third-order valence-corrected chi connectivity index (χ3v) is 2.23. The number of para-hydroxylation sites is 1. The molecule has 1 aromatic carbocycles. The second-order valence-corrected chi connectivity index (χ2v) is 4.98. The Balaban J connectivity index is 2.74. The van der Waals surface area contributed by atoms with Crippen molar-refractivity contribution in [1.29, 1.82) is 0 Å². The van der Waals surface area contributed by atoms with E-state index in [0.717, 1.165) is 0 Å². The summed E-state index contributed by atoms with van der Waals surface area (Å²) in [5, 5.41) is 0.459. The molecule has 4 heteroatoms. The molecule has 0 fully saturated rings. The molecule has 0 atom stereocenters. The van der Waals surface area contributed by atoms with Gasteiger partial charge >= 0.3 is 5.97 Å². The Hall–Kier alpha value is -1.22. The standard InChI is InChI=1S/C12H16ClNO2/c1-12(2,3)16-10(15)7-8-5-4-6-9(13)11(8)14/h4-6H,7,14H2,1-3H3. The number of nitrogen functional groups attached to an aromatic ring is 1. The molecule has 0 bridgehead atoms. The minimum atomic E-state index is -0.482.